The summed E-state index contributed by atoms with van der Waals surface area (Å²) in [5.41, 5.74) is -1.68. The maximum absolute atomic E-state index is 14.3. The first kappa shape index (κ1) is 27.0. The van der Waals surface area contributed by atoms with Crippen LogP contribution in [-0.2, 0) is 20.8 Å². The van der Waals surface area contributed by atoms with Gasteiger partial charge in [-0.25, -0.2) is 13.2 Å². The first-order chi connectivity index (χ1) is 18.0. The Bertz CT molecular complexity index is 1560. The van der Waals surface area contributed by atoms with Gasteiger partial charge in [-0.15, -0.1) is 0 Å². The highest BCUT2D eigenvalue weighted by atomic mass is 32.2. The summed E-state index contributed by atoms with van der Waals surface area (Å²) in [7, 11) is -2.10. The average molecular weight is 544 g/mol. The largest absolute Gasteiger partial charge is 0.496 e. The molecule has 0 spiro atoms. The number of halogens is 3. The molecule has 0 radical (unpaired) electrons. The molecule has 0 fully saturated rings. The number of hydrogen-bond donors (Lipinski definition) is 1. The topological polar surface area (TPSA) is 85.5 Å². The third-order valence-electron chi connectivity index (χ3n) is 6.11. The minimum atomic E-state index is -5.02. The third kappa shape index (κ3) is 4.91. The average Bonchev–Trinajstić information content (AvgIpc) is 3.30. The summed E-state index contributed by atoms with van der Waals surface area (Å²) >= 11 is 0. The van der Waals surface area contributed by atoms with Gasteiger partial charge in [-0.05, 0) is 30.7 Å². The molecule has 198 valence electrons. The SMILES string of the molecule is COC(=O)c1c(C(F)(F)F)[nH]c(C(c2ccccc2OC)S(=O)(=O)c2ccc(C)cc2)c1-c1ccccc1. The number of carbonyl (C=O) groups is 1. The van der Waals surface area contributed by atoms with Gasteiger partial charge >= 0.3 is 12.1 Å². The van der Waals surface area contributed by atoms with Crippen molar-refractivity contribution in [3.8, 4) is 16.9 Å². The van der Waals surface area contributed by atoms with Crippen LogP contribution in [-0.4, -0.2) is 33.6 Å². The molecular formula is C28H24F3NO5S. The van der Waals surface area contributed by atoms with Crippen LogP contribution in [0.1, 0.15) is 38.1 Å². The van der Waals surface area contributed by atoms with E-state index < -0.39 is 38.5 Å². The summed E-state index contributed by atoms with van der Waals surface area (Å²) in [6.45, 7) is 1.78. The summed E-state index contributed by atoms with van der Waals surface area (Å²) in [5, 5.41) is -1.70. The lowest BCUT2D eigenvalue weighted by Gasteiger charge is -2.22. The fraction of sp³-hybridized carbons (Fsp3) is 0.179. The van der Waals surface area contributed by atoms with Crippen molar-refractivity contribution in [3.63, 3.8) is 0 Å². The van der Waals surface area contributed by atoms with E-state index in [-0.39, 0.29) is 33.0 Å². The zero-order chi connectivity index (χ0) is 27.7. The van der Waals surface area contributed by atoms with Crippen LogP contribution < -0.4 is 4.74 Å². The maximum Gasteiger partial charge on any atom is 0.432 e. The van der Waals surface area contributed by atoms with E-state index in [0.717, 1.165) is 12.7 Å². The minimum Gasteiger partial charge on any atom is -0.496 e. The molecule has 4 aromatic rings. The molecule has 6 nitrogen and oxygen atoms in total. The predicted octanol–water partition coefficient (Wildman–Crippen LogP) is 6.37. The number of benzene rings is 3. The summed E-state index contributed by atoms with van der Waals surface area (Å²) in [4.78, 5) is 15.0. The van der Waals surface area contributed by atoms with Crippen molar-refractivity contribution in [1.82, 2.24) is 4.98 Å². The number of aryl methyl sites for hydroxylation is 1. The molecule has 0 aliphatic carbocycles. The lowest BCUT2D eigenvalue weighted by Crippen LogP contribution is -2.18. The molecule has 1 aromatic heterocycles. The Morgan fingerprint density at radius 1 is 0.895 bits per heavy atom. The van der Waals surface area contributed by atoms with Gasteiger partial charge < -0.3 is 14.5 Å². The van der Waals surface area contributed by atoms with Gasteiger partial charge in [-0.2, -0.15) is 13.2 Å². The Hall–Kier alpha value is -4.05. The number of esters is 1. The van der Waals surface area contributed by atoms with Gasteiger partial charge in [0.1, 0.15) is 16.7 Å². The van der Waals surface area contributed by atoms with Crippen LogP contribution in [0.2, 0.25) is 0 Å². The van der Waals surface area contributed by atoms with Crippen LogP contribution in [0.3, 0.4) is 0 Å². The highest BCUT2D eigenvalue weighted by Gasteiger charge is 2.45. The normalized spacial score (nSPS) is 12.7. The standard InChI is InChI=1S/C28H24F3NO5S/c1-17-13-15-19(16-14-17)38(34,35)25(20-11-7-8-12-21(20)36-2)24-22(18-9-5-4-6-10-18)23(27(33)37-3)26(32-24)28(29,30)31/h4-16,25,32H,1-3H3. The van der Waals surface area contributed by atoms with Gasteiger partial charge in [0, 0.05) is 16.8 Å². The lowest BCUT2D eigenvalue weighted by atomic mass is 9.96. The number of H-pyrrole nitrogens is 1. The highest BCUT2D eigenvalue weighted by molar-refractivity contribution is 7.92. The second-order valence-corrected chi connectivity index (χ2v) is 10.5. The summed E-state index contributed by atoms with van der Waals surface area (Å²) in [6.07, 6.45) is -5.02. The molecule has 0 aliphatic rings. The van der Waals surface area contributed by atoms with Crippen molar-refractivity contribution in [2.45, 2.75) is 23.2 Å². The first-order valence-corrected chi connectivity index (χ1v) is 13.0. The summed E-state index contributed by atoms with van der Waals surface area (Å²) in [6, 6.07) is 19.9. The quantitative estimate of drug-likeness (QED) is 0.274. The molecule has 0 bridgehead atoms. The number of rotatable bonds is 7. The third-order valence-corrected chi connectivity index (χ3v) is 8.15. The fourth-order valence-electron chi connectivity index (χ4n) is 4.36. The number of aromatic nitrogens is 1. The van der Waals surface area contributed by atoms with E-state index in [4.69, 9.17) is 9.47 Å². The molecule has 4 rings (SSSR count). The molecule has 0 saturated heterocycles. The molecule has 1 N–H and O–H groups in total. The van der Waals surface area contributed by atoms with E-state index in [2.05, 4.69) is 4.98 Å². The van der Waals surface area contributed by atoms with Crippen LogP contribution in [0.15, 0.2) is 83.8 Å². The van der Waals surface area contributed by atoms with E-state index in [9.17, 15) is 26.4 Å². The van der Waals surface area contributed by atoms with E-state index in [1.807, 2.05) is 0 Å². The van der Waals surface area contributed by atoms with Crippen molar-refractivity contribution < 1.29 is 35.9 Å². The van der Waals surface area contributed by atoms with Crippen LogP contribution in [0.25, 0.3) is 11.1 Å². The van der Waals surface area contributed by atoms with Crippen molar-refractivity contribution in [1.29, 1.82) is 0 Å². The molecule has 10 heteroatoms. The fourth-order valence-corrected chi connectivity index (χ4v) is 6.17. The molecular weight excluding hydrogens is 519 g/mol. The molecule has 1 heterocycles. The molecule has 1 unspecified atom stereocenters. The number of nitrogens with one attached hydrogen (secondary N) is 1. The van der Waals surface area contributed by atoms with Gasteiger partial charge in [-0.3, -0.25) is 0 Å². The lowest BCUT2D eigenvalue weighted by molar-refractivity contribution is -0.141. The predicted molar refractivity (Wildman–Crippen MR) is 136 cm³/mol. The highest BCUT2D eigenvalue weighted by Crippen LogP contribution is 2.47. The Labute approximate surface area is 218 Å². The van der Waals surface area contributed by atoms with Crippen molar-refractivity contribution in [3.05, 3.63) is 107 Å². The van der Waals surface area contributed by atoms with Gasteiger partial charge in [0.05, 0.1) is 24.7 Å². The second kappa shape index (κ2) is 10.4. The Morgan fingerprint density at radius 3 is 2.08 bits per heavy atom. The van der Waals surface area contributed by atoms with Crippen LogP contribution >= 0.6 is 0 Å². The molecule has 1 atom stereocenters. The van der Waals surface area contributed by atoms with Crippen molar-refractivity contribution in [2.24, 2.45) is 0 Å². The Balaban J connectivity index is 2.18. The van der Waals surface area contributed by atoms with Crippen molar-refractivity contribution >= 4 is 15.8 Å². The zero-order valence-corrected chi connectivity index (χ0v) is 21.5. The van der Waals surface area contributed by atoms with Gasteiger partial charge in [0.2, 0.25) is 0 Å². The van der Waals surface area contributed by atoms with E-state index in [1.165, 1.54) is 43.5 Å². The number of alkyl halides is 3. The van der Waals surface area contributed by atoms with E-state index in [1.54, 1.807) is 49.4 Å². The van der Waals surface area contributed by atoms with Crippen LogP contribution in [0.4, 0.5) is 13.2 Å². The smallest absolute Gasteiger partial charge is 0.432 e. The number of sulfone groups is 1. The number of methoxy groups -OCH3 is 2. The number of hydrogen-bond acceptors (Lipinski definition) is 5. The minimum absolute atomic E-state index is 0.0964. The van der Waals surface area contributed by atoms with E-state index in [0.29, 0.717) is 0 Å². The first-order valence-electron chi connectivity index (χ1n) is 11.4. The van der Waals surface area contributed by atoms with E-state index >= 15 is 0 Å². The molecule has 3 aromatic carbocycles. The summed E-state index contributed by atoms with van der Waals surface area (Å²) < 4.78 is 81.6. The van der Waals surface area contributed by atoms with Crippen LogP contribution in [0.5, 0.6) is 5.75 Å². The molecule has 38 heavy (non-hydrogen) atoms. The van der Waals surface area contributed by atoms with Gasteiger partial charge in [0.25, 0.3) is 0 Å². The number of aromatic amines is 1. The monoisotopic (exact) mass is 543 g/mol. The molecule has 0 saturated carbocycles. The van der Waals surface area contributed by atoms with Gasteiger partial charge in [-0.1, -0.05) is 66.2 Å². The zero-order valence-electron chi connectivity index (χ0n) is 20.7. The number of ether oxygens (including phenoxy) is 2. The molecule has 0 aliphatic heterocycles. The summed E-state index contributed by atoms with van der Waals surface area (Å²) in [5.74, 6) is -1.11. The Morgan fingerprint density at radius 2 is 1.50 bits per heavy atom. The maximum atomic E-state index is 14.3. The molecule has 0 amide bonds. The van der Waals surface area contributed by atoms with Crippen LogP contribution in [0, 0.1) is 6.92 Å². The van der Waals surface area contributed by atoms with Crippen molar-refractivity contribution in [2.75, 3.05) is 14.2 Å². The van der Waals surface area contributed by atoms with Gasteiger partial charge in [0.15, 0.2) is 9.84 Å². The second-order valence-electron chi connectivity index (χ2n) is 8.50. The number of para-hydroxylation sites is 1. The Kier molecular flexibility index (Phi) is 7.37. The number of carbonyl (C=O) groups excluding carboxylic acids is 1.